The van der Waals surface area contributed by atoms with Gasteiger partial charge in [0.2, 0.25) is 0 Å². The van der Waals surface area contributed by atoms with Gasteiger partial charge in [-0.25, -0.2) is 4.98 Å². The van der Waals surface area contributed by atoms with Crippen LogP contribution in [0, 0.1) is 0 Å². The van der Waals surface area contributed by atoms with Crippen molar-refractivity contribution in [2.45, 2.75) is 19.1 Å². The lowest BCUT2D eigenvalue weighted by Gasteiger charge is -2.18. The topological polar surface area (TPSA) is 59.3 Å². The van der Waals surface area contributed by atoms with Crippen LogP contribution in [0.1, 0.15) is 30.2 Å². The molecule has 0 radical (unpaired) electrons. The molecule has 0 spiro atoms. The van der Waals surface area contributed by atoms with E-state index in [0.717, 1.165) is 17.0 Å². The number of nitrogens with one attached hydrogen (secondary N) is 1. The van der Waals surface area contributed by atoms with Crippen molar-refractivity contribution in [3.8, 4) is 11.4 Å². The summed E-state index contributed by atoms with van der Waals surface area (Å²) >= 11 is 0. The van der Waals surface area contributed by atoms with Crippen molar-refractivity contribution in [1.29, 1.82) is 0 Å². The number of imidazole rings is 1. The summed E-state index contributed by atoms with van der Waals surface area (Å²) in [6.45, 7) is 2.56. The first-order valence-electron chi connectivity index (χ1n) is 8.31. The van der Waals surface area contributed by atoms with Crippen LogP contribution in [0.2, 0.25) is 0 Å². The van der Waals surface area contributed by atoms with E-state index in [-0.39, 0.29) is 6.04 Å². The Morgan fingerprint density at radius 3 is 2.64 bits per heavy atom. The second kappa shape index (κ2) is 7.96. The molecule has 2 unspecified atom stereocenters. The molecule has 0 aliphatic rings. The number of nitrogens with zero attached hydrogens (tertiary/aromatic N) is 2. The van der Waals surface area contributed by atoms with Crippen molar-refractivity contribution in [3.05, 3.63) is 78.4 Å². The molecule has 0 saturated heterocycles. The molecular formula is C20H23N3O2. The molecule has 0 aliphatic heterocycles. The summed E-state index contributed by atoms with van der Waals surface area (Å²) in [4.78, 5) is 4.06. The van der Waals surface area contributed by atoms with Gasteiger partial charge in [-0.2, -0.15) is 0 Å². The minimum atomic E-state index is -0.581. The Kier molecular flexibility index (Phi) is 5.48. The minimum Gasteiger partial charge on any atom is -0.497 e. The average molecular weight is 337 g/mol. The number of aliphatic hydroxyl groups is 1. The fourth-order valence-electron chi connectivity index (χ4n) is 2.72. The molecule has 2 aromatic carbocycles. The van der Waals surface area contributed by atoms with Gasteiger partial charge in [-0.15, -0.1) is 0 Å². The molecule has 3 aromatic rings. The maximum atomic E-state index is 10.4. The Balaban J connectivity index is 1.59. The average Bonchev–Trinajstić information content (AvgIpc) is 3.20. The highest BCUT2D eigenvalue weighted by Gasteiger charge is 2.11. The number of hydrogen-bond donors (Lipinski definition) is 2. The molecule has 25 heavy (non-hydrogen) atoms. The summed E-state index contributed by atoms with van der Waals surface area (Å²) < 4.78 is 7.17. The van der Waals surface area contributed by atoms with Gasteiger partial charge in [0.25, 0.3) is 0 Å². The lowest BCUT2D eigenvalue weighted by Crippen LogP contribution is -2.24. The maximum absolute atomic E-state index is 10.4. The van der Waals surface area contributed by atoms with E-state index >= 15 is 0 Å². The quantitative estimate of drug-likeness (QED) is 0.695. The van der Waals surface area contributed by atoms with E-state index in [9.17, 15) is 5.11 Å². The van der Waals surface area contributed by atoms with E-state index in [0.29, 0.717) is 6.54 Å². The highest BCUT2D eigenvalue weighted by atomic mass is 16.5. The van der Waals surface area contributed by atoms with E-state index in [1.54, 1.807) is 19.6 Å². The van der Waals surface area contributed by atoms with Gasteiger partial charge < -0.3 is 19.7 Å². The lowest BCUT2D eigenvalue weighted by atomic mass is 10.1. The third-order valence-corrected chi connectivity index (χ3v) is 4.29. The summed E-state index contributed by atoms with van der Waals surface area (Å²) in [5, 5.41) is 13.8. The van der Waals surface area contributed by atoms with Crippen molar-refractivity contribution in [1.82, 2.24) is 14.9 Å². The molecule has 0 aliphatic carbocycles. The summed E-state index contributed by atoms with van der Waals surface area (Å²) in [6.07, 6.45) is 4.88. The SMILES string of the molecule is COc1cccc(C(O)CNC(C)c2ccc(-n3ccnc3)cc2)c1. The van der Waals surface area contributed by atoms with E-state index in [4.69, 9.17) is 4.74 Å². The molecule has 1 heterocycles. The smallest absolute Gasteiger partial charge is 0.119 e. The fraction of sp³-hybridized carbons (Fsp3) is 0.250. The van der Waals surface area contributed by atoms with Crippen LogP contribution < -0.4 is 10.1 Å². The summed E-state index contributed by atoms with van der Waals surface area (Å²) in [5.41, 5.74) is 3.08. The largest absolute Gasteiger partial charge is 0.497 e. The molecule has 1 aromatic heterocycles. The van der Waals surface area contributed by atoms with E-state index < -0.39 is 6.10 Å². The lowest BCUT2D eigenvalue weighted by molar-refractivity contribution is 0.170. The highest BCUT2D eigenvalue weighted by molar-refractivity contribution is 5.35. The van der Waals surface area contributed by atoms with Gasteiger partial charge in [-0.1, -0.05) is 24.3 Å². The van der Waals surface area contributed by atoms with Gasteiger partial charge >= 0.3 is 0 Å². The van der Waals surface area contributed by atoms with Crippen molar-refractivity contribution in [2.75, 3.05) is 13.7 Å². The van der Waals surface area contributed by atoms with Crippen LogP contribution >= 0.6 is 0 Å². The highest BCUT2D eigenvalue weighted by Crippen LogP contribution is 2.20. The standard InChI is InChI=1S/C20H23N3O2/c1-15(16-6-8-18(9-7-16)23-11-10-21-14-23)22-13-20(24)17-4-3-5-19(12-17)25-2/h3-12,14-15,20,22,24H,13H2,1-2H3. The zero-order valence-electron chi connectivity index (χ0n) is 14.5. The zero-order chi connectivity index (χ0) is 17.6. The Morgan fingerprint density at radius 2 is 1.96 bits per heavy atom. The number of benzene rings is 2. The molecule has 3 rings (SSSR count). The second-order valence-electron chi connectivity index (χ2n) is 5.98. The van der Waals surface area contributed by atoms with Crippen LogP contribution in [0.3, 0.4) is 0 Å². The molecule has 5 heteroatoms. The van der Waals surface area contributed by atoms with Gasteiger partial charge in [0, 0.05) is 30.7 Å². The summed E-state index contributed by atoms with van der Waals surface area (Å²) in [5.74, 6) is 0.750. The molecule has 0 fully saturated rings. The normalized spacial score (nSPS) is 13.4. The monoisotopic (exact) mass is 337 g/mol. The van der Waals surface area contributed by atoms with Gasteiger partial charge in [-0.05, 0) is 42.3 Å². The first-order chi connectivity index (χ1) is 12.2. The third-order valence-electron chi connectivity index (χ3n) is 4.29. The van der Waals surface area contributed by atoms with Crippen molar-refractivity contribution >= 4 is 0 Å². The first-order valence-corrected chi connectivity index (χ1v) is 8.31. The van der Waals surface area contributed by atoms with Crippen LogP contribution in [-0.4, -0.2) is 28.3 Å². The number of aliphatic hydroxyl groups excluding tert-OH is 1. The van der Waals surface area contributed by atoms with E-state index in [1.807, 2.05) is 35.0 Å². The number of ether oxygens (including phenoxy) is 1. The first kappa shape index (κ1) is 17.2. The van der Waals surface area contributed by atoms with Crippen molar-refractivity contribution < 1.29 is 9.84 Å². The van der Waals surface area contributed by atoms with Crippen LogP contribution in [0.25, 0.3) is 5.69 Å². The molecule has 0 saturated carbocycles. The number of hydrogen-bond acceptors (Lipinski definition) is 4. The zero-order valence-corrected chi connectivity index (χ0v) is 14.5. The molecule has 130 valence electrons. The Labute approximate surface area is 147 Å². The van der Waals surface area contributed by atoms with Crippen molar-refractivity contribution in [3.63, 3.8) is 0 Å². The fourth-order valence-corrected chi connectivity index (χ4v) is 2.72. The molecule has 2 atom stereocenters. The van der Waals surface area contributed by atoms with Crippen LogP contribution in [0.4, 0.5) is 0 Å². The van der Waals surface area contributed by atoms with Crippen LogP contribution in [0.5, 0.6) is 5.75 Å². The summed E-state index contributed by atoms with van der Waals surface area (Å²) in [7, 11) is 1.62. The second-order valence-corrected chi connectivity index (χ2v) is 5.98. The molecular weight excluding hydrogens is 314 g/mol. The summed E-state index contributed by atoms with van der Waals surface area (Å²) in [6, 6.07) is 16.0. The Hall–Kier alpha value is -2.63. The minimum absolute atomic E-state index is 0.136. The van der Waals surface area contributed by atoms with Crippen LogP contribution in [-0.2, 0) is 0 Å². The number of aromatic nitrogens is 2. The predicted octanol–water partition coefficient (Wildman–Crippen LogP) is 3.27. The van der Waals surface area contributed by atoms with Gasteiger partial charge in [-0.3, -0.25) is 0 Å². The predicted molar refractivity (Wildman–Crippen MR) is 97.9 cm³/mol. The Morgan fingerprint density at radius 1 is 1.16 bits per heavy atom. The molecule has 0 amide bonds. The maximum Gasteiger partial charge on any atom is 0.119 e. The van der Waals surface area contributed by atoms with Gasteiger partial charge in [0.15, 0.2) is 0 Å². The van der Waals surface area contributed by atoms with Crippen LogP contribution in [0.15, 0.2) is 67.3 Å². The Bertz CT molecular complexity index is 785. The van der Waals surface area contributed by atoms with E-state index in [1.165, 1.54) is 5.56 Å². The van der Waals surface area contributed by atoms with Crippen molar-refractivity contribution in [2.24, 2.45) is 0 Å². The van der Waals surface area contributed by atoms with Gasteiger partial charge in [0.05, 0.1) is 19.5 Å². The molecule has 2 N–H and O–H groups in total. The molecule has 5 nitrogen and oxygen atoms in total. The number of rotatable bonds is 7. The molecule has 0 bridgehead atoms. The van der Waals surface area contributed by atoms with Gasteiger partial charge in [0.1, 0.15) is 5.75 Å². The van der Waals surface area contributed by atoms with E-state index in [2.05, 4.69) is 41.5 Å². The number of methoxy groups -OCH3 is 1. The third kappa shape index (κ3) is 4.26.